The minimum Gasteiger partial charge on any atom is -0.480 e. The van der Waals surface area contributed by atoms with E-state index in [4.69, 9.17) is 11.6 Å². The summed E-state index contributed by atoms with van der Waals surface area (Å²) in [5.74, 6) is -2.17. The number of carbonyl (C=O) groups is 4. The van der Waals surface area contributed by atoms with Crippen LogP contribution in [0.4, 0.5) is 10.5 Å². The van der Waals surface area contributed by atoms with Gasteiger partial charge in [-0.05, 0) is 18.2 Å². The molecule has 9 nitrogen and oxygen atoms in total. The molecular weight excluding hydrogens is 480 g/mol. The van der Waals surface area contributed by atoms with Gasteiger partial charge in [0.05, 0.1) is 23.3 Å². The van der Waals surface area contributed by atoms with E-state index in [-0.39, 0.29) is 28.9 Å². The summed E-state index contributed by atoms with van der Waals surface area (Å²) < 4.78 is 0. The van der Waals surface area contributed by atoms with Crippen molar-refractivity contribution in [2.45, 2.75) is 11.6 Å². The third kappa shape index (κ3) is 3.20. The highest BCUT2D eigenvalue weighted by atomic mass is 35.5. The van der Waals surface area contributed by atoms with Crippen molar-refractivity contribution in [3.05, 3.63) is 64.7 Å². The number of thioether (sulfide) groups is 1. The summed E-state index contributed by atoms with van der Waals surface area (Å²) in [6, 6.07) is 13.1. The number of carbonyl (C=O) groups excluding carboxylic acids is 3. The Hall–Kier alpha value is -3.37. The van der Waals surface area contributed by atoms with Crippen LogP contribution in [0.5, 0.6) is 0 Å². The van der Waals surface area contributed by atoms with Crippen molar-refractivity contribution in [2.75, 3.05) is 30.8 Å². The molecule has 2 atom stereocenters. The van der Waals surface area contributed by atoms with Crippen LogP contribution in [-0.2, 0) is 19.9 Å². The summed E-state index contributed by atoms with van der Waals surface area (Å²) in [6.07, 6.45) is 0. The van der Waals surface area contributed by atoms with E-state index in [0.29, 0.717) is 5.75 Å². The lowest BCUT2D eigenvalue weighted by atomic mass is 9.90. The molecule has 2 unspecified atom stereocenters. The van der Waals surface area contributed by atoms with Crippen LogP contribution in [0.2, 0.25) is 5.02 Å². The number of carboxylic acids is 1. The van der Waals surface area contributed by atoms with Crippen LogP contribution in [-0.4, -0.2) is 75.7 Å². The fourth-order valence-electron chi connectivity index (χ4n) is 4.65. The van der Waals surface area contributed by atoms with E-state index in [1.165, 1.54) is 25.2 Å². The third-order valence-electron chi connectivity index (χ3n) is 6.19. The maximum absolute atomic E-state index is 13.8. The van der Waals surface area contributed by atoms with Gasteiger partial charge in [0.25, 0.3) is 11.8 Å². The van der Waals surface area contributed by atoms with E-state index in [2.05, 4.69) is 4.99 Å². The summed E-state index contributed by atoms with van der Waals surface area (Å²) in [7, 11) is 1.37. The van der Waals surface area contributed by atoms with Crippen LogP contribution in [0.3, 0.4) is 0 Å². The number of urea groups is 1. The number of imide groups is 1. The highest BCUT2D eigenvalue weighted by Gasteiger charge is 2.67. The lowest BCUT2D eigenvalue weighted by Crippen LogP contribution is -2.53. The Bertz CT molecular complexity index is 1270. The van der Waals surface area contributed by atoms with Crippen molar-refractivity contribution in [2.24, 2.45) is 4.99 Å². The van der Waals surface area contributed by atoms with Gasteiger partial charge in [-0.3, -0.25) is 29.2 Å². The van der Waals surface area contributed by atoms with E-state index in [9.17, 15) is 24.3 Å². The maximum Gasteiger partial charge on any atom is 0.328 e. The second-order valence-corrected chi connectivity index (χ2v) is 9.62. The smallest absolute Gasteiger partial charge is 0.328 e. The van der Waals surface area contributed by atoms with Gasteiger partial charge in [0, 0.05) is 29.0 Å². The number of halogens is 1. The zero-order valence-corrected chi connectivity index (χ0v) is 19.5. The van der Waals surface area contributed by atoms with E-state index >= 15 is 0 Å². The second-order valence-electron chi connectivity index (χ2n) is 8.18. The molecule has 0 saturated carbocycles. The minimum absolute atomic E-state index is 0.00913. The average Bonchev–Trinajstić information content (AvgIpc) is 3.43. The molecule has 0 aliphatic carbocycles. The zero-order chi connectivity index (χ0) is 24.2. The molecule has 0 radical (unpaired) electrons. The quantitative estimate of drug-likeness (QED) is 0.500. The van der Waals surface area contributed by atoms with Gasteiger partial charge in [0.15, 0.2) is 0 Å². The first-order valence-electron chi connectivity index (χ1n) is 10.4. The van der Waals surface area contributed by atoms with Gasteiger partial charge in [0.1, 0.15) is 6.54 Å². The average molecular weight is 499 g/mol. The number of likely N-dealkylation sites (N-methyl/N-ethyl adjacent to an activating group) is 1. The molecule has 3 heterocycles. The molecule has 34 heavy (non-hydrogen) atoms. The summed E-state index contributed by atoms with van der Waals surface area (Å²) in [5, 5.41) is 10.4. The van der Waals surface area contributed by atoms with E-state index in [0.717, 1.165) is 25.3 Å². The Labute approximate surface area is 204 Å². The van der Waals surface area contributed by atoms with E-state index < -0.39 is 35.9 Å². The van der Waals surface area contributed by atoms with Crippen molar-refractivity contribution in [1.29, 1.82) is 0 Å². The van der Waals surface area contributed by atoms with Crippen LogP contribution in [0.1, 0.15) is 11.1 Å². The number of aliphatic carboxylic acids is 1. The number of hydrogen-bond acceptors (Lipinski definition) is 6. The molecule has 1 fully saturated rings. The number of benzene rings is 2. The van der Waals surface area contributed by atoms with Crippen molar-refractivity contribution >= 4 is 57.9 Å². The molecule has 2 aromatic carbocycles. The SMILES string of the molecule is CN1C(=O)N(CC2CSC(c3ccccc3)=N2)C(=O)C12C(=O)N(CC(=O)O)c1ccc(Cl)cc12. The third-order valence-corrected chi connectivity index (χ3v) is 7.59. The van der Waals surface area contributed by atoms with E-state index in [1.807, 2.05) is 30.3 Å². The van der Waals surface area contributed by atoms with Crippen molar-refractivity contribution in [3.8, 4) is 0 Å². The number of rotatable bonds is 5. The number of amides is 4. The highest BCUT2D eigenvalue weighted by Crippen LogP contribution is 2.49. The normalized spacial score (nSPS) is 23.8. The Morgan fingerprint density at radius 1 is 1.15 bits per heavy atom. The van der Waals surface area contributed by atoms with Gasteiger partial charge >= 0.3 is 12.0 Å². The largest absolute Gasteiger partial charge is 0.480 e. The van der Waals surface area contributed by atoms with Crippen LogP contribution in [0.25, 0.3) is 0 Å². The van der Waals surface area contributed by atoms with Crippen molar-refractivity contribution in [1.82, 2.24) is 9.80 Å². The molecule has 1 N–H and O–H groups in total. The van der Waals surface area contributed by atoms with Crippen LogP contribution >= 0.6 is 23.4 Å². The first-order chi connectivity index (χ1) is 16.2. The fraction of sp³-hybridized carbons (Fsp3) is 0.261. The van der Waals surface area contributed by atoms with Crippen LogP contribution in [0.15, 0.2) is 53.5 Å². The summed E-state index contributed by atoms with van der Waals surface area (Å²) >= 11 is 7.71. The summed E-state index contributed by atoms with van der Waals surface area (Å²) in [5.41, 5.74) is -0.595. The molecule has 3 aliphatic heterocycles. The Balaban J connectivity index is 1.50. The molecule has 4 amide bonds. The Morgan fingerprint density at radius 2 is 1.85 bits per heavy atom. The molecular formula is C23H19ClN4O5S. The highest BCUT2D eigenvalue weighted by molar-refractivity contribution is 8.14. The predicted molar refractivity (Wildman–Crippen MR) is 127 cm³/mol. The number of aliphatic imine (C=N–C) groups is 1. The van der Waals surface area contributed by atoms with Gasteiger partial charge in [-0.2, -0.15) is 0 Å². The molecule has 0 aromatic heterocycles. The molecule has 3 aliphatic rings. The first kappa shape index (κ1) is 22.4. The van der Waals surface area contributed by atoms with Crippen molar-refractivity contribution < 1.29 is 24.3 Å². The van der Waals surface area contributed by atoms with Gasteiger partial charge < -0.3 is 10.0 Å². The topological polar surface area (TPSA) is 111 Å². The zero-order valence-electron chi connectivity index (χ0n) is 18.0. The number of hydrogen-bond donors (Lipinski definition) is 1. The summed E-state index contributed by atoms with van der Waals surface area (Å²) in [6.45, 7) is -0.635. The number of anilines is 1. The molecule has 11 heteroatoms. The van der Waals surface area contributed by atoms with Crippen LogP contribution < -0.4 is 4.90 Å². The van der Waals surface area contributed by atoms with Crippen LogP contribution in [0, 0.1) is 0 Å². The maximum atomic E-state index is 13.8. The molecule has 174 valence electrons. The van der Waals surface area contributed by atoms with Crippen molar-refractivity contribution in [3.63, 3.8) is 0 Å². The van der Waals surface area contributed by atoms with Gasteiger partial charge in [-0.1, -0.05) is 41.9 Å². The first-order valence-corrected chi connectivity index (χ1v) is 11.8. The lowest BCUT2D eigenvalue weighted by Gasteiger charge is -2.27. The molecule has 5 rings (SSSR count). The van der Waals surface area contributed by atoms with Gasteiger partial charge in [-0.25, -0.2) is 4.79 Å². The standard InChI is InChI=1S/C23H19ClN4O5S/c1-26-22(33)28(10-15-12-34-19(25-15)13-5-3-2-4-6-13)21(32)23(26)16-9-14(24)7-8-17(16)27(20(23)31)11-18(29)30/h2-9,15H,10-12H2,1H3,(H,29,30). The number of carboxylic acid groups (broad SMARTS) is 1. The number of fused-ring (bicyclic) bond motifs is 2. The molecule has 1 saturated heterocycles. The molecule has 0 bridgehead atoms. The monoisotopic (exact) mass is 498 g/mol. The lowest BCUT2D eigenvalue weighted by molar-refractivity contribution is -0.143. The van der Waals surface area contributed by atoms with E-state index in [1.54, 1.807) is 11.8 Å². The molecule has 2 aromatic rings. The fourth-order valence-corrected chi connectivity index (χ4v) is 5.87. The molecule has 1 spiro atoms. The van der Waals surface area contributed by atoms with Gasteiger partial charge in [-0.15, -0.1) is 11.8 Å². The second kappa shape index (κ2) is 8.14. The Kier molecular flexibility index (Phi) is 5.37. The van der Waals surface area contributed by atoms with Gasteiger partial charge in [0.2, 0.25) is 5.54 Å². The number of nitrogens with zero attached hydrogens (tertiary/aromatic N) is 4. The predicted octanol–water partition coefficient (Wildman–Crippen LogP) is 2.42. The summed E-state index contributed by atoms with van der Waals surface area (Å²) in [4.78, 5) is 59.8. The minimum atomic E-state index is -2.00. The Morgan fingerprint density at radius 3 is 2.56 bits per heavy atom.